The van der Waals surface area contributed by atoms with Crippen molar-refractivity contribution in [1.29, 1.82) is 0 Å². The molecule has 0 aliphatic carbocycles. The van der Waals surface area contributed by atoms with Gasteiger partial charge in [-0.05, 0) is 19.3 Å². The maximum Gasteiger partial charge on any atom is 0.241 e. The fourth-order valence-corrected chi connectivity index (χ4v) is 2.84. The first-order valence-corrected chi connectivity index (χ1v) is 7.45. The molecule has 3 rings (SSSR count). The van der Waals surface area contributed by atoms with Gasteiger partial charge in [0.1, 0.15) is 0 Å². The Morgan fingerprint density at radius 3 is 3.29 bits per heavy atom. The molecule has 2 fully saturated rings. The van der Waals surface area contributed by atoms with Crippen LogP contribution in [0.4, 0.5) is 5.69 Å². The van der Waals surface area contributed by atoms with Gasteiger partial charge in [0, 0.05) is 26.5 Å². The fraction of sp³-hybridized carbons (Fsp3) is 0.714. The van der Waals surface area contributed by atoms with Crippen LogP contribution in [0.5, 0.6) is 0 Å². The zero-order valence-electron chi connectivity index (χ0n) is 12.2. The Bertz CT molecular complexity index is 484. The molecular formula is C14H22N4O3. The van der Waals surface area contributed by atoms with Crippen molar-refractivity contribution in [2.24, 2.45) is 0 Å². The van der Waals surface area contributed by atoms with Crippen LogP contribution >= 0.6 is 0 Å². The van der Waals surface area contributed by atoms with Gasteiger partial charge in [0.15, 0.2) is 0 Å². The zero-order valence-corrected chi connectivity index (χ0v) is 12.2. The van der Waals surface area contributed by atoms with Crippen LogP contribution in [-0.2, 0) is 20.8 Å². The van der Waals surface area contributed by atoms with Crippen LogP contribution in [0.2, 0.25) is 0 Å². The fourth-order valence-electron chi connectivity index (χ4n) is 2.84. The molecule has 0 spiro atoms. The molecule has 1 aromatic rings. The molecule has 0 radical (unpaired) electrons. The molecule has 7 nitrogen and oxygen atoms in total. The molecule has 0 aromatic carbocycles. The molecule has 0 saturated carbocycles. The van der Waals surface area contributed by atoms with Crippen LogP contribution in [0.3, 0.4) is 0 Å². The van der Waals surface area contributed by atoms with Crippen molar-refractivity contribution in [2.75, 3.05) is 25.6 Å². The summed E-state index contributed by atoms with van der Waals surface area (Å²) >= 11 is 0. The number of carbonyl (C=O) groups is 1. The van der Waals surface area contributed by atoms with Gasteiger partial charge in [0.2, 0.25) is 5.91 Å². The van der Waals surface area contributed by atoms with E-state index in [1.165, 1.54) is 0 Å². The standard InChI is InChI=1S/C14H22N4O3/c1-20-12-5-13(15-7-12)14(19)17-10-6-16-18(8-10)9-11-3-2-4-21-11/h6,8,11-13,15H,2-5,7,9H2,1H3,(H,17,19). The summed E-state index contributed by atoms with van der Waals surface area (Å²) in [7, 11) is 1.67. The van der Waals surface area contributed by atoms with E-state index in [2.05, 4.69) is 15.7 Å². The van der Waals surface area contributed by atoms with Crippen LogP contribution in [-0.4, -0.2) is 54.2 Å². The lowest BCUT2D eigenvalue weighted by Crippen LogP contribution is -2.35. The number of anilines is 1. The molecule has 1 amide bonds. The minimum Gasteiger partial charge on any atom is -0.380 e. The highest BCUT2D eigenvalue weighted by atomic mass is 16.5. The van der Waals surface area contributed by atoms with E-state index in [4.69, 9.17) is 9.47 Å². The molecule has 3 atom stereocenters. The second kappa shape index (κ2) is 6.55. The van der Waals surface area contributed by atoms with E-state index in [0.29, 0.717) is 13.0 Å². The number of aromatic nitrogens is 2. The third-order valence-electron chi connectivity index (χ3n) is 4.06. The molecule has 2 aliphatic rings. The Kier molecular flexibility index (Phi) is 4.52. The highest BCUT2D eigenvalue weighted by molar-refractivity contribution is 5.94. The highest BCUT2D eigenvalue weighted by Crippen LogP contribution is 2.16. The topological polar surface area (TPSA) is 77.4 Å². The summed E-state index contributed by atoms with van der Waals surface area (Å²) in [5.41, 5.74) is 0.723. The number of ether oxygens (including phenoxy) is 2. The number of hydrogen-bond donors (Lipinski definition) is 2. The maximum absolute atomic E-state index is 12.1. The zero-order chi connectivity index (χ0) is 14.7. The summed E-state index contributed by atoms with van der Waals surface area (Å²) in [5.74, 6) is -0.0359. The molecule has 116 valence electrons. The van der Waals surface area contributed by atoms with Gasteiger partial charge in [0.25, 0.3) is 0 Å². The third kappa shape index (κ3) is 3.61. The van der Waals surface area contributed by atoms with Gasteiger partial charge >= 0.3 is 0 Å². The molecule has 21 heavy (non-hydrogen) atoms. The molecule has 0 bridgehead atoms. The van der Waals surface area contributed by atoms with Gasteiger partial charge in [-0.3, -0.25) is 9.48 Å². The highest BCUT2D eigenvalue weighted by Gasteiger charge is 2.29. The van der Waals surface area contributed by atoms with Gasteiger partial charge in [-0.2, -0.15) is 5.10 Å². The van der Waals surface area contributed by atoms with E-state index in [-0.39, 0.29) is 24.2 Å². The minimum atomic E-state index is -0.198. The minimum absolute atomic E-state index is 0.0359. The Morgan fingerprint density at radius 1 is 1.67 bits per heavy atom. The number of rotatable bonds is 5. The molecule has 3 heterocycles. The average molecular weight is 294 g/mol. The van der Waals surface area contributed by atoms with Gasteiger partial charge in [-0.1, -0.05) is 0 Å². The van der Waals surface area contributed by atoms with Crippen molar-refractivity contribution in [2.45, 2.75) is 44.1 Å². The first kappa shape index (κ1) is 14.5. The predicted octanol–water partition coefficient (Wildman–Crippen LogP) is 0.378. The maximum atomic E-state index is 12.1. The Balaban J connectivity index is 1.50. The van der Waals surface area contributed by atoms with Crippen LogP contribution in [0.15, 0.2) is 12.4 Å². The quantitative estimate of drug-likeness (QED) is 0.821. The number of hydrogen-bond acceptors (Lipinski definition) is 5. The monoisotopic (exact) mass is 294 g/mol. The summed E-state index contributed by atoms with van der Waals surface area (Å²) in [5, 5.41) is 10.3. The smallest absolute Gasteiger partial charge is 0.241 e. The number of carbonyl (C=O) groups excluding carboxylic acids is 1. The second-order valence-corrected chi connectivity index (χ2v) is 5.63. The van der Waals surface area contributed by atoms with Crippen LogP contribution in [0, 0.1) is 0 Å². The first-order valence-electron chi connectivity index (χ1n) is 7.45. The Hall–Kier alpha value is -1.44. The third-order valence-corrected chi connectivity index (χ3v) is 4.06. The predicted molar refractivity (Wildman–Crippen MR) is 77.0 cm³/mol. The van der Waals surface area contributed by atoms with Gasteiger partial charge in [-0.25, -0.2) is 0 Å². The second-order valence-electron chi connectivity index (χ2n) is 5.63. The normalized spacial score (nSPS) is 28.9. The summed E-state index contributed by atoms with van der Waals surface area (Å²) < 4.78 is 12.7. The average Bonchev–Trinajstić information content (AvgIpc) is 3.20. The molecule has 3 unspecified atom stereocenters. The van der Waals surface area contributed by atoms with Crippen LogP contribution < -0.4 is 10.6 Å². The molecule has 2 saturated heterocycles. The van der Waals surface area contributed by atoms with Crippen LogP contribution in [0.25, 0.3) is 0 Å². The summed E-state index contributed by atoms with van der Waals surface area (Å²) in [6.45, 7) is 2.29. The van der Waals surface area contributed by atoms with E-state index in [9.17, 15) is 4.79 Å². The SMILES string of the molecule is COC1CNC(C(=O)Nc2cnn(CC3CCCO3)c2)C1. The summed E-state index contributed by atoms with van der Waals surface area (Å²) in [4.78, 5) is 12.1. The van der Waals surface area contributed by atoms with Gasteiger partial charge in [0.05, 0.1) is 36.7 Å². The Morgan fingerprint density at radius 2 is 2.57 bits per heavy atom. The largest absolute Gasteiger partial charge is 0.380 e. The van der Waals surface area contributed by atoms with E-state index in [0.717, 1.165) is 31.7 Å². The first-order chi connectivity index (χ1) is 10.2. The summed E-state index contributed by atoms with van der Waals surface area (Å²) in [6, 6.07) is -0.198. The summed E-state index contributed by atoms with van der Waals surface area (Å²) in [6.07, 6.45) is 6.77. The molecular weight excluding hydrogens is 272 g/mol. The number of nitrogens with zero attached hydrogens (tertiary/aromatic N) is 2. The van der Waals surface area contributed by atoms with Gasteiger partial charge in [-0.15, -0.1) is 0 Å². The van der Waals surface area contributed by atoms with Crippen molar-refractivity contribution in [3.8, 4) is 0 Å². The van der Waals surface area contributed by atoms with Crippen molar-refractivity contribution >= 4 is 11.6 Å². The van der Waals surface area contributed by atoms with E-state index in [1.807, 2.05) is 10.9 Å². The van der Waals surface area contributed by atoms with Crippen molar-refractivity contribution in [3.05, 3.63) is 12.4 Å². The molecule has 2 aliphatic heterocycles. The van der Waals surface area contributed by atoms with Crippen LogP contribution in [0.1, 0.15) is 19.3 Å². The molecule has 1 aromatic heterocycles. The Labute approximate surface area is 124 Å². The lowest BCUT2D eigenvalue weighted by molar-refractivity contribution is -0.118. The van der Waals surface area contributed by atoms with E-state index < -0.39 is 0 Å². The van der Waals surface area contributed by atoms with Crippen molar-refractivity contribution < 1.29 is 14.3 Å². The number of nitrogens with one attached hydrogen (secondary N) is 2. The lowest BCUT2D eigenvalue weighted by atomic mass is 10.2. The van der Waals surface area contributed by atoms with Crippen molar-refractivity contribution in [1.82, 2.24) is 15.1 Å². The van der Waals surface area contributed by atoms with Gasteiger partial charge < -0.3 is 20.1 Å². The molecule has 2 N–H and O–H groups in total. The number of methoxy groups -OCH3 is 1. The van der Waals surface area contributed by atoms with Crippen molar-refractivity contribution in [3.63, 3.8) is 0 Å². The van der Waals surface area contributed by atoms with E-state index >= 15 is 0 Å². The van der Waals surface area contributed by atoms with E-state index in [1.54, 1.807) is 13.3 Å². The lowest BCUT2D eigenvalue weighted by Gasteiger charge is -2.10. The number of amides is 1. The molecule has 7 heteroatoms.